The Balaban J connectivity index is 1.93. The lowest BCUT2D eigenvalue weighted by Crippen LogP contribution is -2.12. The Morgan fingerprint density at radius 2 is 1.74 bits per heavy atom. The van der Waals surface area contributed by atoms with Crippen LogP contribution in [-0.2, 0) is 20.8 Å². The van der Waals surface area contributed by atoms with Gasteiger partial charge in [-0.05, 0) is 49.7 Å². The van der Waals surface area contributed by atoms with Crippen LogP contribution in [-0.4, -0.2) is 25.7 Å². The molecule has 10 heteroatoms. The molecule has 0 N–H and O–H groups in total. The Morgan fingerprint density at radius 3 is 2.38 bits per heavy atom. The van der Waals surface area contributed by atoms with Crippen molar-refractivity contribution in [3.05, 3.63) is 95.5 Å². The van der Waals surface area contributed by atoms with Crippen LogP contribution in [0.3, 0.4) is 0 Å². The number of nitrogens with zero attached hydrogens (tertiary/aromatic N) is 2. The summed E-state index contributed by atoms with van der Waals surface area (Å²) in [6.07, 6.45) is 1.24. The molecule has 0 spiro atoms. The molecule has 1 heterocycles. The highest BCUT2D eigenvalue weighted by Gasteiger charge is 2.26. The highest BCUT2D eigenvalue weighted by atomic mass is 32.2. The summed E-state index contributed by atoms with van der Waals surface area (Å²) in [5.41, 5.74) is -0.00515. The zero-order valence-electron chi connectivity index (χ0n) is 18.2. The molecule has 34 heavy (non-hydrogen) atoms. The fourth-order valence-corrected chi connectivity index (χ4v) is 6.03. The van der Waals surface area contributed by atoms with Gasteiger partial charge in [0.15, 0.2) is 11.6 Å². The second-order valence-electron chi connectivity index (χ2n) is 8.09. The first kappa shape index (κ1) is 23.7. The van der Waals surface area contributed by atoms with Crippen molar-refractivity contribution >= 4 is 33.8 Å². The van der Waals surface area contributed by atoms with E-state index in [4.69, 9.17) is 11.3 Å². The van der Waals surface area contributed by atoms with Gasteiger partial charge < -0.3 is 9.30 Å². The number of ether oxygens (including phenoxy) is 1. The van der Waals surface area contributed by atoms with Gasteiger partial charge in [-0.15, -0.1) is 0 Å². The number of rotatable bonds is 6. The number of aromatic nitrogens is 1. The highest BCUT2D eigenvalue weighted by Crippen LogP contribution is 2.47. The van der Waals surface area contributed by atoms with Gasteiger partial charge in [0, 0.05) is 29.4 Å². The Kier molecular flexibility index (Phi) is 6.07. The molecule has 0 fully saturated rings. The lowest BCUT2D eigenvalue weighted by atomic mass is 10.1. The van der Waals surface area contributed by atoms with E-state index in [0.717, 1.165) is 22.2 Å². The van der Waals surface area contributed by atoms with Crippen LogP contribution in [0.1, 0.15) is 5.56 Å². The van der Waals surface area contributed by atoms with Gasteiger partial charge in [-0.25, -0.2) is 26.0 Å². The number of benzene rings is 3. The van der Waals surface area contributed by atoms with Crippen molar-refractivity contribution in [2.24, 2.45) is 0 Å². The van der Waals surface area contributed by atoms with Gasteiger partial charge in [-0.3, -0.25) is 0 Å². The molecule has 6 nitrogen and oxygen atoms in total. The van der Waals surface area contributed by atoms with E-state index >= 15 is 4.39 Å². The lowest BCUT2D eigenvalue weighted by Gasteiger charge is -2.17. The Hall–Kier alpha value is -3.47. The van der Waals surface area contributed by atoms with Gasteiger partial charge in [-0.2, -0.15) is 0 Å². The van der Waals surface area contributed by atoms with Crippen molar-refractivity contribution in [3.8, 4) is 11.5 Å². The number of halogens is 2. The predicted octanol–water partition coefficient (Wildman–Crippen LogP) is 6.62. The van der Waals surface area contributed by atoms with E-state index in [2.05, 4.69) is 4.85 Å². The minimum atomic E-state index is -4.02. The van der Waals surface area contributed by atoms with Crippen LogP contribution in [0.25, 0.3) is 15.7 Å². The van der Waals surface area contributed by atoms with Crippen LogP contribution >= 0.6 is 7.14 Å². The summed E-state index contributed by atoms with van der Waals surface area (Å²) in [5, 5.41) is 0.354. The molecule has 3 aromatic carbocycles. The number of fused-ring (bicyclic) bond motifs is 1. The van der Waals surface area contributed by atoms with Crippen molar-refractivity contribution in [2.45, 2.75) is 11.1 Å². The summed E-state index contributed by atoms with van der Waals surface area (Å²) in [6.45, 7) is 10.1. The summed E-state index contributed by atoms with van der Waals surface area (Å²) in [4.78, 5) is 3.10. The minimum Gasteiger partial charge on any atom is -0.455 e. The molecule has 0 atom stereocenters. The van der Waals surface area contributed by atoms with E-state index in [0.29, 0.717) is 5.39 Å². The molecule has 0 saturated carbocycles. The minimum absolute atomic E-state index is 0.0188. The molecule has 1 aromatic heterocycles. The molecule has 0 aliphatic carbocycles. The number of hydrogen-bond donors (Lipinski definition) is 0. The maximum Gasteiger partial charge on any atom is 0.268 e. The first-order chi connectivity index (χ1) is 16.0. The van der Waals surface area contributed by atoms with Gasteiger partial charge in [0.2, 0.25) is 5.69 Å². The van der Waals surface area contributed by atoms with Crippen LogP contribution < -0.4 is 4.74 Å². The third kappa shape index (κ3) is 4.47. The van der Waals surface area contributed by atoms with E-state index in [1.165, 1.54) is 43.8 Å². The Labute approximate surface area is 195 Å². The first-order valence-electron chi connectivity index (χ1n) is 10.0. The second kappa shape index (κ2) is 8.71. The number of hydrogen-bond acceptors (Lipinski definition) is 4. The Bertz CT molecular complexity index is 1600. The quantitative estimate of drug-likeness (QED) is 0.220. The lowest BCUT2D eigenvalue weighted by molar-refractivity contribution is 0.438. The topological polar surface area (TPSA) is 69.7 Å². The van der Waals surface area contributed by atoms with Crippen LogP contribution in [0.15, 0.2) is 71.8 Å². The largest absolute Gasteiger partial charge is 0.455 e. The summed E-state index contributed by atoms with van der Waals surface area (Å²) < 4.78 is 74.9. The fraction of sp³-hybridized carbons (Fsp3) is 0.125. The van der Waals surface area contributed by atoms with Crippen LogP contribution in [0.4, 0.5) is 14.5 Å². The summed E-state index contributed by atoms with van der Waals surface area (Å²) in [5.74, 6) is -1.86. The van der Waals surface area contributed by atoms with E-state index in [1.807, 2.05) is 0 Å². The van der Waals surface area contributed by atoms with Gasteiger partial charge in [0.1, 0.15) is 11.6 Å². The van der Waals surface area contributed by atoms with Crippen molar-refractivity contribution in [3.63, 3.8) is 0 Å². The van der Waals surface area contributed by atoms with Gasteiger partial charge >= 0.3 is 0 Å². The predicted molar refractivity (Wildman–Crippen MR) is 127 cm³/mol. The molecule has 0 aliphatic rings. The fourth-order valence-electron chi connectivity index (χ4n) is 3.60. The van der Waals surface area contributed by atoms with Gasteiger partial charge in [0.05, 0.1) is 24.1 Å². The highest BCUT2D eigenvalue weighted by molar-refractivity contribution is 7.90. The van der Waals surface area contributed by atoms with Gasteiger partial charge in [0.25, 0.3) is 10.0 Å². The average Bonchev–Trinajstić information content (AvgIpc) is 3.21. The molecule has 0 aliphatic heterocycles. The van der Waals surface area contributed by atoms with E-state index in [9.17, 15) is 17.4 Å². The Morgan fingerprint density at radius 1 is 1.03 bits per heavy atom. The SMILES string of the molecule is [C-]#[N+]c1cc(Oc2c(F)cc3c(ccn3S(=O)(=O)c3ccccc3)c2CP(C)(C)=O)ccc1F. The summed E-state index contributed by atoms with van der Waals surface area (Å²) >= 11 is 0. The van der Waals surface area contributed by atoms with Gasteiger partial charge in [-0.1, -0.05) is 18.2 Å². The molecule has 0 saturated heterocycles. The van der Waals surface area contributed by atoms with Crippen molar-refractivity contribution in [2.75, 3.05) is 13.3 Å². The second-order valence-corrected chi connectivity index (χ2v) is 13.4. The molecular weight excluding hydrogens is 481 g/mol. The van der Waals surface area contributed by atoms with Crippen molar-refractivity contribution < 1.29 is 26.5 Å². The van der Waals surface area contributed by atoms with Crippen LogP contribution in [0, 0.1) is 18.2 Å². The molecule has 0 radical (unpaired) electrons. The maximum atomic E-state index is 15.4. The molecule has 4 aromatic rings. The van der Waals surface area contributed by atoms with Crippen LogP contribution in [0.5, 0.6) is 11.5 Å². The molecule has 0 unspecified atom stereocenters. The van der Waals surface area contributed by atoms with E-state index in [-0.39, 0.29) is 39.3 Å². The standard InChI is InChI=1S/C24H19F2N2O4PS/c1-27-22-13-16(9-10-20(22)25)32-24-19(15-33(2,3)29)18-11-12-28(23(18)14-21(24)26)34(30,31)17-7-5-4-6-8-17/h4-14H,15H2,2-3H3. The molecule has 0 amide bonds. The average molecular weight is 500 g/mol. The molecule has 0 bridgehead atoms. The third-order valence-electron chi connectivity index (χ3n) is 5.07. The smallest absolute Gasteiger partial charge is 0.268 e. The molecule has 4 rings (SSSR count). The maximum absolute atomic E-state index is 15.4. The van der Waals surface area contributed by atoms with E-state index < -0.39 is 28.8 Å². The third-order valence-corrected chi connectivity index (χ3v) is 7.85. The van der Waals surface area contributed by atoms with Crippen LogP contribution in [0.2, 0.25) is 0 Å². The first-order valence-corrected chi connectivity index (χ1v) is 14.3. The monoisotopic (exact) mass is 500 g/mol. The van der Waals surface area contributed by atoms with Crippen molar-refractivity contribution in [1.29, 1.82) is 0 Å². The normalized spacial score (nSPS) is 12.0. The summed E-state index contributed by atoms with van der Waals surface area (Å²) in [7, 11) is -6.79. The zero-order valence-corrected chi connectivity index (χ0v) is 19.9. The van der Waals surface area contributed by atoms with E-state index in [1.54, 1.807) is 18.2 Å². The molecular formula is C24H19F2N2O4PS. The zero-order chi connectivity index (χ0) is 24.7. The summed E-state index contributed by atoms with van der Waals surface area (Å²) in [6, 6.07) is 13.7. The molecule has 174 valence electrons. The van der Waals surface area contributed by atoms with Crippen molar-refractivity contribution in [1.82, 2.24) is 3.97 Å².